The minimum atomic E-state index is -0.137. The lowest BCUT2D eigenvalue weighted by molar-refractivity contribution is -0.137. The molecule has 0 aromatic carbocycles. The van der Waals surface area contributed by atoms with Crippen LogP contribution in [0.3, 0.4) is 0 Å². The van der Waals surface area contributed by atoms with E-state index in [1.807, 2.05) is 13.8 Å². The number of rotatable bonds is 5. The molecular weight excluding hydrogens is 204 g/mol. The Morgan fingerprint density at radius 1 is 1.56 bits per heavy atom. The second-order valence-corrected chi connectivity index (χ2v) is 5.07. The van der Waals surface area contributed by atoms with Gasteiger partial charge in [-0.25, -0.2) is 0 Å². The van der Waals surface area contributed by atoms with E-state index >= 15 is 0 Å². The zero-order valence-corrected chi connectivity index (χ0v) is 11.0. The molecule has 0 aromatic rings. The zero-order chi connectivity index (χ0) is 12.3. The molecule has 1 fully saturated rings. The summed E-state index contributed by atoms with van der Waals surface area (Å²) in [6.45, 7) is 8.89. The van der Waals surface area contributed by atoms with E-state index in [0.29, 0.717) is 0 Å². The minimum absolute atomic E-state index is 0.0408. The van der Waals surface area contributed by atoms with Crippen molar-refractivity contribution in [1.29, 1.82) is 0 Å². The Labute approximate surface area is 98.1 Å². The maximum absolute atomic E-state index is 11.7. The van der Waals surface area contributed by atoms with Crippen molar-refractivity contribution in [1.82, 2.24) is 10.6 Å². The van der Waals surface area contributed by atoms with Gasteiger partial charge >= 0.3 is 0 Å². The monoisotopic (exact) mass is 228 g/mol. The van der Waals surface area contributed by atoms with Crippen molar-refractivity contribution in [3.8, 4) is 0 Å². The molecule has 0 aliphatic heterocycles. The number of amides is 1. The summed E-state index contributed by atoms with van der Waals surface area (Å²) in [5, 5.41) is 6.00. The fourth-order valence-corrected chi connectivity index (χ4v) is 2.04. The molecule has 94 valence electrons. The normalized spacial score (nSPS) is 29.3. The van der Waals surface area contributed by atoms with Crippen LogP contribution in [0.5, 0.6) is 0 Å². The van der Waals surface area contributed by atoms with Gasteiger partial charge < -0.3 is 15.4 Å². The molecule has 1 saturated carbocycles. The maximum Gasteiger partial charge on any atom is 0.237 e. The van der Waals surface area contributed by atoms with Crippen LogP contribution < -0.4 is 10.6 Å². The minimum Gasteiger partial charge on any atom is -0.378 e. The average Bonchev–Trinajstić information content (AvgIpc) is 2.26. The van der Waals surface area contributed by atoms with E-state index in [9.17, 15) is 4.79 Å². The van der Waals surface area contributed by atoms with Gasteiger partial charge in [0.15, 0.2) is 0 Å². The first-order chi connectivity index (χ1) is 7.43. The van der Waals surface area contributed by atoms with Crippen LogP contribution in [0.2, 0.25) is 0 Å². The Morgan fingerprint density at radius 2 is 2.19 bits per heavy atom. The second-order valence-electron chi connectivity index (χ2n) is 5.07. The quantitative estimate of drug-likeness (QED) is 0.735. The molecular formula is C12H24N2O2. The number of hydrogen-bond donors (Lipinski definition) is 2. The smallest absolute Gasteiger partial charge is 0.237 e. The fraction of sp³-hybridized carbons (Fsp3) is 0.917. The van der Waals surface area contributed by atoms with E-state index in [4.69, 9.17) is 4.74 Å². The van der Waals surface area contributed by atoms with Gasteiger partial charge in [0.1, 0.15) is 0 Å². The molecule has 0 aromatic heterocycles. The predicted octanol–water partition coefficient (Wildman–Crippen LogP) is 0.914. The molecule has 1 amide bonds. The summed E-state index contributed by atoms with van der Waals surface area (Å²) in [7, 11) is 1.79. The molecule has 0 heterocycles. The summed E-state index contributed by atoms with van der Waals surface area (Å²) < 4.78 is 5.62. The van der Waals surface area contributed by atoms with Crippen LogP contribution in [0.4, 0.5) is 0 Å². The fourth-order valence-electron chi connectivity index (χ4n) is 2.04. The summed E-state index contributed by atoms with van der Waals surface area (Å²) in [4.78, 5) is 11.7. The number of likely N-dealkylation sites (N-methyl/N-ethyl adjacent to an activating group) is 1. The molecule has 0 saturated heterocycles. The van der Waals surface area contributed by atoms with Gasteiger partial charge in [-0.15, -0.1) is 0 Å². The van der Waals surface area contributed by atoms with Crippen LogP contribution in [-0.4, -0.2) is 37.7 Å². The number of carbonyl (C=O) groups excluding carboxylic acids is 1. The molecule has 2 N–H and O–H groups in total. The Kier molecular flexibility index (Phi) is 4.33. The highest BCUT2D eigenvalue weighted by Gasteiger charge is 2.49. The van der Waals surface area contributed by atoms with Crippen molar-refractivity contribution in [3.05, 3.63) is 0 Å². The number of ether oxygens (including phenoxy) is 1. The second kappa shape index (κ2) is 5.15. The van der Waals surface area contributed by atoms with E-state index in [1.54, 1.807) is 7.05 Å². The van der Waals surface area contributed by atoms with Crippen LogP contribution in [0.25, 0.3) is 0 Å². The Balaban J connectivity index is 2.44. The Morgan fingerprint density at radius 3 is 2.62 bits per heavy atom. The zero-order valence-electron chi connectivity index (χ0n) is 11.0. The largest absolute Gasteiger partial charge is 0.378 e. The molecule has 0 bridgehead atoms. The number of hydrogen-bond acceptors (Lipinski definition) is 3. The first-order valence-electron chi connectivity index (χ1n) is 6.02. The standard InChI is InChI=1S/C12H24N2O2/c1-6-16-10-7-9(12(10,3)4)14-11(15)8(2)13-5/h8-10,13H,6-7H2,1-5H3,(H,14,15). The molecule has 0 radical (unpaired) electrons. The van der Waals surface area contributed by atoms with Crippen molar-refractivity contribution in [2.75, 3.05) is 13.7 Å². The van der Waals surface area contributed by atoms with Crippen molar-refractivity contribution in [2.24, 2.45) is 5.41 Å². The van der Waals surface area contributed by atoms with Gasteiger partial charge in [0.2, 0.25) is 5.91 Å². The lowest BCUT2D eigenvalue weighted by Gasteiger charge is -2.51. The highest BCUT2D eigenvalue weighted by atomic mass is 16.5. The van der Waals surface area contributed by atoms with Crippen molar-refractivity contribution < 1.29 is 9.53 Å². The van der Waals surface area contributed by atoms with Crippen LogP contribution in [0, 0.1) is 5.41 Å². The van der Waals surface area contributed by atoms with Gasteiger partial charge in [-0.05, 0) is 27.3 Å². The van der Waals surface area contributed by atoms with Gasteiger partial charge in [0, 0.05) is 18.1 Å². The van der Waals surface area contributed by atoms with Gasteiger partial charge in [0.25, 0.3) is 0 Å². The van der Waals surface area contributed by atoms with Crippen molar-refractivity contribution in [2.45, 2.75) is 52.3 Å². The van der Waals surface area contributed by atoms with Crippen LogP contribution >= 0.6 is 0 Å². The SMILES string of the molecule is CCOC1CC(NC(=O)C(C)NC)C1(C)C. The molecule has 16 heavy (non-hydrogen) atoms. The molecule has 4 heteroatoms. The van der Waals surface area contributed by atoms with Gasteiger partial charge in [-0.3, -0.25) is 4.79 Å². The maximum atomic E-state index is 11.7. The Bertz CT molecular complexity index is 253. The molecule has 0 spiro atoms. The lowest BCUT2D eigenvalue weighted by Crippen LogP contribution is -2.63. The van der Waals surface area contributed by atoms with Crippen molar-refractivity contribution >= 4 is 5.91 Å². The molecule has 1 rings (SSSR count). The number of nitrogens with one attached hydrogen (secondary N) is 2. The third kappa shape index (κ3) is 2.55. The molecule has 1 aliphatic rings. The molecule has 1 aliphatic carbocycles. The van der Waals surface area contributed by atoms with Crippen molar-refractivity contribution in [3.63, 3.8) is 0 Å². The first-order valence-corrected chi connectivity index (χ1v) is 6.02. The van der Waals surface area contributed by atoms with E-state index in [2.05, 4.69) is 24.5 Å². The van der Waals surface area contributed by atoms with Crippen LogP contribution in [0.1, 0.15) is 34.1 Å². The van der Waals surface area contributed by atoms with E-state index in [0.717, 1.165) is 13.0 Å². The molecule has 3 atom stereocenters. The van der Waals surface area contributed by atoms with E-state index in [1.165, 1.54) is 0 Å². The van der Waals surface area contributed by atoms with E-state index in [-0.39, 0.29) is 29.5 Å². The first kappa shape index (κ1) is 13.5. The Hall–Kier alpha value is -0.610. The van der Waals surface area contributed by atoms with Crippen LogP contribution in [0.15, 0.2) is 0 Å². The summed E-state index contributed by atoms with van der Waals surface area (Å²) >= 11 is 0. The topological polar surface area (TPSA) is 50.4 Å². The third-order valence-electron chi connectivity index (χ3n) is 3.69. The average molecular weight is 228 g/mol. The van der Waals surface area contributed by atoms with Crippen LogP contribution in [-0.2, 0) is 9.53 Å². The van der Waals surface area contributed by atoms with Gasteiger partial charge in [-0.2, -0.15) is 0 Å². The highest BCUT2D eigenvalue weighted by Crippen LogP contribution is 2.42. The highest BCUT2D eigenvalue weighted by molar-refractivity contribution is 5.81. The lowest BCUT2D eigenvalue weighted by atomic mass is 9.64. The van der Waals surface area contributed by atoms with Gasteiger partial charge in [0.05, 0.1) is 12.1 Å². The third-order valence-corrected chi connectivity index (χ3v) is 3.69. The summed E-state index contributed by atoms with van der Waals surface area (Å²) in [6.07, 6.45) is 1.19. The molecule has 3 unspecified atom stereocenters. The summed E-state index contributed by atoms with van der Waals surface area (Å²) in [6, 6.07) is 0.0919. The van der Waals surface area contributed by atoms with E-state index < -0.39 is 0 Å². The number of carbonyl (C=O) groups is 1. The predicted molar refractivity (Wildman–Crippen MR) is 64.3 cm³/mol. The van der Waals surface area contributed by atoms with Gasteiger partial charge in [-0.1, -0.05) is 13.8 Å². The summed E-state index contributed by atoms with van der Waals surface area (Å²) in [5.41, 5.74) is 0.0408. The molecule has 4 nitrogen and oxygen atoms in total. The summed E-state index contributed by atoms with van der Waals surface area (Å²) in [5.74, 6) is 0.0653.